The zero-order chi connectivity index (χ0) is 10.6. The molecule has 3 N–H and O–H groups in total. The molecule has 0 aromatic heterocycles. The van der Waals surface area contributed by atoms with E-state index in [2.05, 4.69) is 0 Å². The van der Waals surface area contributed by atoms with Crippen LogP contribution in [-0.2, 0) is 4.74 Å². The maximum atomic E-state index is 9.48. The monoisotopic (exact) mass is 192 g/mol. The predicted octanol–water partition coefficient (Wildman–Crippen LogP) is 0.109. The van der Waals surface area contributed by atoms with Gasteiger partial charge in [0.05, 0.1) is 18.8 Å². The first-order chi connectivity index (χ1) is 6.01. The van der Waals surface area contributed by atoms with Gasteiger partial charge in [-0.2, -0.15) is 0 Å². The van der Waals surface area contributed by atoms with Crippen LogP contribution in [0, 0.1) is 5.92 Å². The molecule has 0 saturated carbocycles. The van der Waals surface area contributed by atoms with Crippen LogP contribution in [0.4, 0.5) is 0 Å². The smallest absolute Gasteiger partial charge is 0.194 e. The summed E-state index contributed by atoms with van der Waals surface area (Å²) in [6.07, 6.45) is -1.12. The molecule has 4 heteroatoms. The first kappa shape index (κ1) is 12.8. The third-order valence-corrected chi connectivity index (χ3v) is 2.32. The van der Waals surface area contributed by atoms with Gasteiger partial charge in [-0.15, -0.1) is 0 Å². The summed E-state index contributed by atoms with van der Waals surface area (Å²) in [7, 11) is 0. The molecular formula is C9H20O4. The fraction of sp³-hybridized carbons (Fsp3) is 1.00. The molecule has 4 unspecified atom stereocenters. The predicted molar refractivity (Wildman–Crippen MR) is 49.1 cm³/mol. The minimum absolute atomic E-state index is 0.415. The van der Waals surface area contributed by atoms with Crippen LogP contribution in [0.1, 0.15) is 27.7 Å². The molecule has 13 heavy (non-hydrogen) atoms. The van der Waals surface area contributed by atoms with Crippen molar-refractivity contribution in [2.75, 3.05) is 6.61 Å². The standard InChI is InChI=1S/C7H14O4.C2H6/c1-4-6(9)5(2)11-7(4,10)3-8;1-2/h4-6,8-10H,3H2,1-2H3;1-2H3. The average Bonchev–Trinajstić information content (AvgIpc) is 2.35. The minimum atomic E-state index is -1.56. The molecule has 0 bridgehead atoms. The maximum absolute atomic E-state index is 9.48. The van der Waals surface area contributed by atoms with Crippen molar-refractivity contribution in [2.24, 2.45) is 5.92 Å². The number of hydrogen-bond acceptors (Lipinski definition) is 4. The van der Waals surface area contributed by atoms with Gasteiger partial charge in [0.2, 0.25) is 0 Å². The molecule has 1 aliphatic rings. The van der Waals surface area contributed by atoms with E-state index in [4.69, 9.17) is 9.84 Å². The van der Waals surface area contributed by atoms with Crippen LogP contribution in [0.2, 0.25) is 0 Å². The molecule has 0 spiro atoms. The Balaban J connectivity index is 0.000000671. The van der Waals surface area contributed by atoms with Gasteiger partial charge < -0.3 is 20.1 Å². The molecule has 4 atom stereocenters. The SMILES string of the molecule is CC.CC1OC(O)(CO)C(C)C1O. The number of aliphatic hydroxyl groups is 3. The molecule has 4 nitrogen and oxygen atoms in total. The molecule has 1 aliphatic heterocycles. The normalized spacial score (nSPS) is 44.1. The van der Waals surface area contributed by atoms with Crippen molar-refractivity contribution in [3.05, 3.63) is 0 Å². The molecule has 0 aliphatic carbocycles. The molecule has 1 saturated heterocycles. The Labute approximate surface area is 79.2 Å². The van der Waals surface area contributed by atoms with Crippen molar-refractivity contribution in [3.8, 4) is 0 Å². The van der Waals surface area contributed by atoms with Crippen LogP contribution in [0.25, 0.3) is 0 Å². The molecule has 1 heterocycles. The lowest BCUT2D eigenvalue weighted by molar-refractivity contribution is -0.226. The summed E-state index contributed by atoms with van der Waals surface area (Å²) in [5.41, 5.74) is 0. The molecule has 0 radical (unpaired) electrons. The molecule has 80 valence electrons. The summed E-state index contributed by atoms with van der Waals surface area (Å²) >= 11 is 0. The van der Waals surface area contributed by atoms with Gasteiger partial charge in [0.1, 0.15) is 0 Å². The van der Waals surface area contributed by atoms with E-state index in [0.29, 0.717) is 0 Å². The van der Waals surface area contributed by atoms with Crippen LogP contribution in [-0.4, -0.2) is 39.9 Å². The zero-order valence-electron chi connectivity index (χ0n) is 8.69. The molecule has 1 fully saturated rings. The fourth-order valence-electron chi connectivity index (χ4n) is 1.35. The summed E-state index contributed by atoms with van der Waals surface area (Å²) in [6.45, 7) is 6.83. The molecule has 1 rings (SSSR count). The minimum Gasteiger partial charge on any atom is -0.391 e. The lowest BCUT2D eigenvalue weighted by Gasteiger charge is -2.23. The van der Waals surface area contributed by atoms with E-state index in [1.807, 2.05) is 13.8 Å². The molecule has 0 aromatic rings. The van der Waals surface area contributed by atoms with Gasteiger partial charge in [-0.25, -0.2) is 0 Å². The molecular weight excluding hydrogens is 172 g/mol. The van der Waals surface area contributed by atoms with E-state index in [0.717, 1.165) is 0 Å². The van der Waals surface area contributed by atoms with Gasteiger partial charge in [-0.05, 0) is 6.92 Å². The molecule has 0 aromatic carbocycles. The second kappa shape index (κ2) is 4.91. The third kappa shape index (κ3) is 2.40. The van der Waals surface area contributed by atoms with E-state index in [1.165, 1.54) is 0 Å². The zero-order valence-corrected chi connectivity index (χ0v) is 8.69. The van der Waals surface area contributed by atoms with Gasteiger partial charge in [-0.3, -0.25) is 0 Å². The van der Waals surface area contributed by atoms with Gasteiger partial charge in [0.25, 0.3) is 0 Å². The second-order valence-electron chi connectivity index (χ2n) is 3.11. The number of rotatable bonds is 1. The Hall–Kier alpha value is -0.160. The highest BCUT2D eigenvalue weighted by Crippen LogP contribution is 2.33. The van der Waals surface area contributed by atoms with Crippen LogP contribution < -0.4 is 0 Å². The Kier molecular flexibility index (Phi) is 4.85. The summed E-state index contributed by atoms with van der Waals surface area (Å²) in [4.78, 5) is 0. The number of aliphatic hydroxyl groups excluding tert-OH is 2. The van der Waals surface area contributed by atoms with Crippen molar-refractivity contribution in [1.29, 1.82) is 0 Å². The Bertz CT molecular complexity index is 151. The van der Waals surface area contributed by atoms with Crippen molar-refractivity contribution in [2.45, 2.75) is 45.7 Å². The lowest BCUT2D eigenvalue weighted by Crippen LogP contribution is -2.39. The fourth-order valence-corrected chi connectivity index (χ4v) is 1.35. The van der Waals surface area contributed by atoms with Crippen molar-refractivity contribution in [3.63, 3.8) is 0 Å². The highest BCUT2D eigenvalue weighted by Gasteiger charge is 2.49. The van der Waals surface area contributed by atoms with Gasteiger partial charge in [0.15, 0.2) is 5.79 Å². The summed E-state index contributed by atoms with van der Waals surface area (Å²) in [5, 5.41) is 27.6. The second-order valence-corrected chi connectivity index (χ2v) is 3.11. The number of ether oxygens (including phenoxy) is 1. The van der Waals surface area contributed by atoms with Crippen molar-refractivity contribution >= 4 is 0 Å². The van der Waals surface area contributed by atoms with E-state index in [1.54, 1.807) is 13.8 Å². The van der Waals surface area contributed by atoms with E-state index >= 15 is 0 Å². The highest BCUT2D eigenvalue weighted by atomic mass is 16.7. The Morgan fingerprint density at radius 2 is 1.77 bits per heavy atom. The molecule has 0 amide bonds. The van der Waals surface area contributed by atoms with E-state index in [-0.39, 0.29) is 0 Å². The van der Waals surface area contributed by atoms with Crippen LogP contribution in [0.3, 0.4) is 0 Å². The van der Waals surface area contributed by atoms with Crippen molar-refractivity contribution in [1.82, 2.24) is 0 Å². The van der Waals surface area contributed by atoms with Gasteiger partial charge in [-0.1, -0.05) is 20.8 Å². The average molecular weight is 192 g/mol. The quantitative estimate of drug-likeness (QED) is 0.551. The van der Waals surface area contributed by atoms with Crippen LogP contribution in [0.15, 0.2) is 0 Å². The topological polar surface area (TPSA) is 69.9 Å². The summed E-state index contributed by atoms with van der Waals surface area (Å²) < 4.78 is 4.98. The van der Waals surface area contributed by atoms with Crippen LogP contribution in [0.5, 0.6) is 0 Å². The lowest BCUT2D eigenvalue weighted by atomic mass is 9.96. The first-order valence-corrected chi connectivity index (χ1v) is 4.70. The van der Waals surface area contributed by atoms with Crippen LogP contribution >= 0.6 is 0 Å². The van der Waals surface area contributed by atoms with Gasteiger partial charge in [0, 0.05) is 5.92 Å². The van der Waals surface area contributed by atoms with E-state index < -0.39 is 30.5 Å². The first-order valence-electron chi connectivity index (χ1n) is 4.70. The Morgan fingerprint density at radius 1 is 1.31 bits per heavy atom. The maximum Gasteiger partial charge on any atom is 0.194 e. The van der Waals surface area contributed by atoms with Gasteiger partial charge >= 0.3 is 0 Å². The number of hydrogen-bond donors (Lipinski definition) is 3. The summed E-state index contributed by atoms with van der Waals surface area (Å²) in [6, 6.07) is 0. The van der Waals surface area contributed by atoms with E-state index in [9.17, 15) is 10.2 Å². The third-order valence-electron chi connectivity index (χ3n) is 2.32. The summed E-state index contributed by atoms with van der Waals surface area (Å²) in [5.74, 6) is -2.00. The Morgan fingerprint density at radius 3 is 1.92 bits per heavy atom. The highest BCUT2D eigenvalue weighted by molar-refractivity contribution is 4.90. The van der Waals surface area contributed by atoms with Crippen molar-refractivity contribution < 1.29 is 20.1 Å². The largest absolute Gasteiger partial charge is 0.391 e.